The van der Waals surface area contributed by atoms with Gasteiger partial charge in [0.2, 0.25) is 0 Å². The molecule has 2 aliphatic rings. The van der Waals surface area contributed by atoms with Crippen molar-refractivity contribution in [3.05, 3.63) is 59.3 Å². The lowest BCUT2D eigenvalue weighted by atomic mass is 10.1. The number of rotatable bonds is 8. The first-order valence-corrected chi connectivity index (χ1v) is 10.7. The molecular formula is C23H30N4O2. The van der Waals surface area contributed by atoms with Crippen LogP contribution in [0.1, 0.15) is 42.1 Å². The first kappa shape index (κ1) is 19.9. The Morgan fingerprint density at radius 3 is 2.97 bits per heavy atom. The summed E-state index contributed by atoms with van der Waals surface area (Å²) in [4.78, 5) is 18.9. The topological polar surface area (TPSA) is 77.5 Å². The lowest BCUT2D eigenvalue weighted by Gasteiger charge is -2.21. The van der Waals surface area contributed by atoms with Crippen molar-refractivity contribution < 1.29 is 9.90 Å². The number of carboxylic acid groups (broad SMARTS) is 1. The molecule has 0 aliphatic carbocycles. The maximum Gasteiger partial charge on any atom is 0.325 e. The predicted molar refractivity (Wildman–Crippen MR) is 114 cm³/mol. The van der Waals surface area contributed by atoms with E-state index in [0.717, 1.165) is 68.9 Å². The van der Waals surface area contributed by atoms with E-state index in [-0.39, 0.29) is 6.04 Å². The molecule has 6 heteroatoms. The molecule has 2 aliphatic heterocycles. The number of nitrogens with zero attached hydrogens (tertiary/aromatic N) is 2. The Balaban J connectivity index is 1.24. The largest absolute Gasteiger partial charge is 0.480 e. The van der Waals surface area contributed by atoms with Crippen molar-refractivity contribution in [1.29, 1.82) is 0 Å². The predicted octanol–water partition coefficient (Wildman–Crippen LogP) is 2.86. The molecule has 4 rings (SSSR count). The molecule has 0 bridgehead atoms. The monoisotopic (exact) mass is 394 g/mol. The van der Waals surface area contributed by atoms with E-state index in [1.54, 1.807) is 0 Å². The van der Waals surface area contributed by atoms with Gasteiger partial charge in [-0.15, -0.1) is 0 Å². The van der Waals surface area contributed by atoms with Crippen molar-refractivity contribution in [3.8, 4) is 0 Å². The summed E-state index contributed by atoms with van der Waals surface area (Å²) in [5.41, 5.74) is 3.30. The molecule has 1 unspecified atom stereocenters. The normalized spacial score (nSPS) is 20.1. The Kier molecular flexibility index (Phi) is 6.42. The number of carbonyl (C=O) groups is 1. The van der Waals surface area contributed by atoms with E-state index < -0.39 is 12.0 Å². The van der Waals surface area contributed by atoms with Crippen LogP contribution in [0, 0.1) is 0 Å². The first-order valence-electron chi connectivity index (χ1n) is 10.7. The number of aryl methyl sites for hydroxylation is 2. The zero-order valence-electron chi connectivity index (χ0n) is 16.8. The van der Waals surface area contributed by atoms with E-state index in [4.69, 9.17) is 4.98 Å². The summed E-state index contributed by atoms with van der Waals surface area (Å²) in [6, 6.07) is 13.4. The molecule has 154 valence electrons. The van der Waals surface area contributed by atoms with Gasteiger partial charge in [-0.1, -0.05) is 36.4 Å². The van der Waals surface area contributed by atoms with E-state index >= 15 is 0 Å². The quantitative estimate of drug-likeness (QED) is 0.639. The third-order valence-electron chi connectivity index (χ3n) is 5.91. The van der Waals surface area contributed by atoms with E-state index in [0.29, 0.717) is 0 Å². The molecule has 2 atom stereocenters. The minimum absolute atomic E-state index is 0.211. The second kappa shape index (κ2) is 9.37. The standard InChI is InChI=1S/C23H30N4O2/c28-23(29)21(17-6-2-1-3-7-17)25-20-12-15-27(16-20)14-5-9-19-11-10-18-8-4-13-24-22(18)26-19/h1-3,6-7,10-11,20-21,25H,4-5,8-9,12-16H2,(H,24,26)(H,28,29)/t20?,21-/m1/s1. The Morgan fingerprint density at radius 1 is 1.28 bits per heavy atom. The number of nitrogens with one attached hydrogen (secondary N) is 2. The molecule has 3 heterocycles. The number of pyridine rings is 1. The summed E-state index contributed by atoms with van der Waals surface area (Å²) in [7, 11) is 0. The van der Waals surface area contributed by atoms with Crippen LogP contribution in [0.15, 0.2) is 42.5 Å². The van der Waals surface area contributed by atoms with Crippen molar-refractivity contribution >= 4 is 11.8 Å². The molecule has 2 aromatic rings. The van der Waals surface area contributed by atoms with Crippen molar-refractivity contribution in [3.63, 3.8) is 0 Å². The maximum atomic E-state index is 11.7. The van der Waals surface area contributed by atoms with Crippen LogP contribution in [-0.4, -0.2) is 53.2 Å². The number of likely N-dealkylation sites (tertiary alicyclic amines) is 1. The first-order chi connectivity index (χ1) is 14.2. The van der Waals surface area contributed by atoms with Gasteiger partial charge < -0.3 is 15.3 Å². The molecule has 29 heavy (non-hydrogen) atoms. The van der Waals surface area contributed by atoms with Crippen LogP contribution in [0.5, 0.6) is 0 Å². The van der Waals surface area contributed by atoms with Gasteiger partial charge in [0.15, 0.2) is 0 Å². The highest BCUT2D eigenvalue weighted by molar-refractivity contribution is 5.75. The zero-order valence-corrected chi connectivity index (χ0v) is 16.8. The Morgan fingerprint density at radius 2 is 2.14 bits per heavy atom. The van der Waals surface area contributed by atoms with Gasteiger partial charge in [0.1, 0.15) is 11.9 Å². The molecule has 1 saturated heterocycles. The van der Waals surface area contributed by atoms with Gasteiger partial charge in [-0.05, 0) is 62.4 Å². The summed E-state index contributed by atoms with van der Waals surface area (Å²) in [6.45, 7) is 3.95. The van der Waals surface area contributed by atoms with Gasteiger partial charge in [0, 0.05) is 24.8 Å². The van der Waals surface area contributed by atoms with Gasteiger partial charge >= 0.3 is 5.97 Å². The summed E-state index contributed by atoms with van der Waals surface area (Å²) < 4.78 is 0. The zero-order chi connectivity index (χ0) is 20.1. The molecule has 1 aromatic carbocycles. The van der Waals surface area contributed by atoms with Crippen LogP contribution in [0.25, 0.3) is 0 Å². The number of carboxylic acids is 1. The molecule has 0 saturated carbocycles. The fourth-order valence-corrected chi connectivity index (χ4v) is 4.35. The van der Waals surface area contributed by atoms with E-state index in [9.17, 15) is 9.90 Å². The number of benzene rings is 1. The molecule has 3 N–H and O–H groups in total. The fraction of sp³-hybridized carbons (Fsp3) is 0.478. The molecule has 0 amide bonds. The van der Waals surface area contributed by atoms with Crippen molar-refractivity contribution in [2.45, 2.75) is 44.2 Å². The highest BCUT2D eigenvalue weighted by Gasteiger charge is 2.28. The summed E-state index contributed by atoms with van der Waals surface area (Å²) in [6.07, 6.45) is 5.34. The third-order valence-corrected chi connectivity index (χ3v) is 5.91. The average Bonchev–Trinajstić information content (AvgIpc) is 3.20. The highest BCUT2D eigenvalue weighted by atomic mass is 16.4. The number of aliphatic carboxylic acids is 1. The van der Waals surface area contributed by atoms with Gasteiger partial charge in [0.05, 0.1) is 0 Å². The SMILES string of the molecule is O=C(O)[C@H](NC1CCN(CCCc2ccc3c(n2)NCCC3)C1)c1ccccc1. The van der Waals surface area contributed by atoms with E-state index in [2.05, 4.69) is 27.7 Å². The van der Waals surface area contributed by atoms with Crippen LogP contribution in [0.4, 0.5) is 5.82 Å². The van der Waals surface area contributed by atoms with Crippen LogP contribution in [-0.2, 0) is 17.6 Å². The Bertz CT molecular complexity index is 827. The summed E-state index contributed by atoms with van der Waals surface area (Å²) in [5, 5.41) is 16.4. The second-order valence-corrected chi connectivity index (χ2v) is 8.08. The van der Waals surface area contributed by atoms with Crippen molar-refractivity contribution in [1.82, 2.24) is 15.2 Å². The molecule has 1 aromatic heterocycles. The van der Waals surface area contributed by atoms with Crippen molar-refractivity contribution in [2.24, 2.45) is 0 Å². The van der Waals surface area contributed by atoms with Gasteiger partial charge in [-0.25, -0.2) is 4.98 Å². The molecule has 0 radical (unpaired) electrons. The van der Waals surface area contributed by atoms with Crippen molar-refractivity contribution in [2.75, 3.05) is 31.5 Å². The highest BCUT2D eigenvalue weighted by Crippen LogP contribution is 2.21. The Labute approximate surface area is 172 Å². The second-order valence-electron chi connectivity index (χ2n) is 8.08. The third kappa shape index (κ3) is 5.14. The average molecular weight is 395 g/mol. The smallest absolute Gasteiger partial charge is 0.325 e. The molecule has 6 nitrogen and oxygen atoms in total. The van der Waals surface area contributed by atoms with Gasteiger partial charge in [0.25, 0.3) is 0 Å². The van der Waals surface area contributed by atoms with Crippen LogP contribution in [0.2, 0.25) is 0 Å². The number of aromatic nitrogens is 1. The van der Waals surface area contributed by atoms with Crippen LogP contribution < -0.4 is 10.6 Å². The van der Waals surface area contributed by atoms with Gasteiger partial charge in [-0.2, -0.15) is 0 Å². The van der Waals surface area contributed by atoms with Gasteiger partial charge in [-0.3, -0.25) is 10.1 Å². The van der Waals surface area contributed by atoms with E-state index in [1.165, 1.54) is 12.0 Å². The lowest BCUT2D eigenvalue weighted by molar-refractivity contribution is -0.139. The number of anilines is 1. The summed E-state index contributed by atoms with van der Waals surface area (Å²) >= 11 is 0. The number of fused-ring (bicyclic) bond motifs is 1. The number of hydrogen-bond acceptors (Lipinski definition) is 5. The molecular weight excluding hydrogens is 364 g/mol. The minimum atomic E-state index is -0.818. The Hall–Kier alpha value is -2.44. The van der Waals surface area contributed by atoms with E-state index in [1.807, 2.05) is 30.3 Å². The maximum absolute atomic E-state index is 11.7. The van der Waals surface area contributed by atoms with Crippen LogP contribution >= 0.6 is 0 Å². The van der Waals surface area contributed by atoms with Crippen LogP contribution in [0.3, 0.4) is 0 Å². The minimum Gasteiger partial charge on any atom is -0.480 e. The lowest BCUT2D eigenvalue weighted by Crippen LogP contribution is -2.39. The molecule has 1 fully saturated rings. The summed E-state index contributed by atoms with van der Waals surface area (Å²) in [5.74, 6) is 0.251. The number of hydrogen-bond donors (Lipinski definition) is 3. The fourth-order valence-electron chi connectivity index (χ4n) is 4.35. The molecule has 0 spiro atoms.